The number of pyridine rings is 1. The van der Waals surface area contributed by atoms with Crippen LogP contribution in [0.2, 0.25) is 0 Å². The van der Waals surface area contributed by atoms with Crippen LogP contribution in [0.25, 0.3) is 0 Å². The molecule has 0 saturated carbocycles. The summed E-state index contributed by atoms with van der Waals surface area (Å²) >= 11 is 0. The fraction of sp³-hybridized carbons (Fsp3) is 0.414. The number of nitrogens with zero attached hydrogens (tertiary/aromatic N) is 2. The molecule has 0 aliphatic carbocycles. The lowest BCUT2D eigenvalue weighted by molar-refractivity contribution is 0.262. The van der Waals surface area contributed by atoms with Crippen molar-refractivity contribution in [3.8, 4) is 0 Å². The van der Waals surface area contributed by atoms with Crippen LogP contribution in [0.3, 0.4) is 0 Å². The molecule has 2 aromatic rings. The maximum Gasteiger partial charge on any atom is 0.324 e. The second-order valence-electron chi connectivity index (χ2n) is 9.34. The molecule has 3 unspecified atom stereocenters. The zero-order chi connectivity index (χ0) is 26.5. The lowest BCUT2D eigenvalue weighted by Crippen LogP contribution is -2.31. The topological polar surface area (TPSA) is 78.4 Å². The van der Waals surface area contributed by atoms with Crippen molar-refractivity contribution in [1.82, 2.24) is 10.3 Å². The van der Waals surface area contributed by atoms with Gasteiger partial charge in [0.25, 0.3) is 0 Å². The van der Waals surface area contributed by atoms with E-state index in [-0.39, 0.29) is 17.9 Å². The molecule has 1 aliphatic rings. The van der Waals surface area contributed by atoms with Gasteiger partial charge < -0.3 is 5.32 Å². The maximum atomic E-state index is 12.4. The van der Waals surface area contributed by atoms with E-state index >= 15 is 0 Å². The molecular formula is C29H42N5OP. The van der Waals surface area contributed by atoms with Gasteiger partial charge >= 0.3 is 6.03 Å². The average molecular weight is 508 g/mol. The number of urea groups is 1. The number of nitrogens with one attached hydrogen (secondary N) is 3. The highest BCUT2D eigenvalue weighted by atomic mass is 31.1. The van der Waals surface area contributed by atoms with Crippen molar-refractivity contribution in [2.45, 2.75) is 73.1 Å². The molecule has 2 heterocycles. The summed E-state index contributed by atoms with van der Waals surface area (Å²) in [6.07, 6.45) is 10.4. The molecule has 0 fully saturated rings. The molecule has 3 N–H and O–H groups in total. The molecule has 1 aromatic heterocycles. The van der Waals surface area contributed by atoms with Crippen LogP contribution in [-0.2, 0) is 0 Å². The summed E-state index contributed by atoms with van der Waals surface area (Å²) in [5.41, 5.74) is 3.96. The molecule has 36 heavy (non-hydrogen) atoms. The summed E-state index contributed by atoms with van der Waals surface area (Å²) in [6.45, 7) is 14.9. The minimum absolute atomic E-state index is 0.107. The first-order valence-corrected chi connectivity index (χ1v) is 13.9. The lowest BCUT2D eigenvalue weighted by Gasteiger charge is -2.26. The van der Waals surface area contributed by atoms with Gasteiger partial charge in [-0.05, 0) is 73.8 Å². The third-order valence-electron chi connectivity index (χ3n) is 5.25. The van der Waals surface area contributed by atoms with Crippen molar-refractivity contribution >= 4 is 32.3 Å². The van der Waals surface area contributed by atoms with Crippen LogP contribution in [0.4, 0.5) is 16.3 Å². The van der Waals surface area contributed by atoms with Crippen LogP contribution in [0.1, 0.15) is 71.6 Å². The first-order valence-electron chi connectivity index (χ1n) is 12.8. The molecule has 194 valence electrons. The van der Waals surface area contributed by atoms with Gasteiger partial charge in [-0.1, -0.05) is 67.0 Å². The number of allylic oxidation sites excluding steroid dienone is 3. The zero-order valence-corrected chi connectivity index (χ0v) is 23.7. The van der Waals surface area contributed by atoms with Crippen LogP contribution >= 0.6 is 8.58 Å². The number of carbonyl (C=O) groups is 1. The highest BCUT2D eigenvalue weighted by Crippen LogP contribution is 2.39. The predicted octanol–water partition coefficient (Wildman–Crippen LogP) is 8.02. The highest BCUT2D eigenvalue weighted by molar-refractivity contribution is 7.45. The van der Waals surface area contributed by atoms with E-state index in [4.69, 9.17) is 0 Å². The van der Waals surface area contributed by atoms with Gasteiger partial charge in [0.15, 0.2) is 0 Å². The van der Waals surface area contributed by atoms with E-state index < -0.39 is 0 Å². The Morgan fingerprint density at radius 3 is 2.56 bits per heavy atom. The minimum Gasteiger partial charge on any atom is -0.308 e. The Hall–Kier alpha value is -2.82. The first kappa shape index (κ1) is 29.4. The molecule has 0 spiro atoms. The Bertz CT molecular complexity index is 1080. The van der Waals surface area contributed by atoms with Gasteiger partial charge in [0.2, 0.25) is 0 Å². The van der Waals surface area contributed by atoms with Crippen molar-refractivity contribution in [2.24, 2.45) is 10.9 Å². The average Bonchev–Trinajstić information content (AvgIpc) is 2.83. The van der Waals surface area contributed by atoms with Gasteiger partial charge in [0.1, 0.15) is 5.82 Å². The number of aromatic nitrogens is 1. The molecule has 1 aromatic carbocycles. The second kappa shape index (κ2) is 15.3. The van der Waals surface area contributed by atoms with Crippen LogP contribution in [0.15, 0.2) is 70.8 Å². The molecule has 3 rings (SSSR count). The van der Waals surface area contributed by atoms with Crippen LogP contribution < -0.4 is 16.0 Å². The van der Waals surface area contributed by atoms with Crippen LogP contribution in [0, 0.1) is 12.8 Å². The quantitative estimate of drug-likeness (QED) is 0.332. The third kappa shape index (κ3) is 10.0. The second-order valence-corrected chi connectivity index (χ2v) is 10.8. The Labute approximate surface area is 219 Å². The summed E-state index contributed by atoms with van der Waals surface area (Å²) in [4.78, 5) is 21.2. The van der Waals surface area contributed by atoms with Gasteiger partial charge in [0, 0.05) is 24.1 Å². The number of rotatable bonds is 7. The van der Waals surface area contributed by atoms with E-state index in [1.165, 1.54) is 11.7 Å². The Morgan fingerprint density at radius 1 is 1.14 bits per heavy atom. The van der Waals surface area contributed by atoms with Crippen LogP contribution in [-0.4, -0.2) is 23.0 Å². The molecule has 0 radical (unpaired) electrons. The monoisotopic (exact) mass is 507 g/mol. The molecule has 0 bridgehead atoms. The number of benzene rings is 1. The normalized spacial score (nSPS) is 18.7. The highest BCUT2D eigenvalue weighted by Gasteiger charge is 2.19. The van der Waals surface area contributed by atoms with E-state index in [1.54, 1.807) is 6.20 Å². The predicted molar refractivity (Wildman–Crippen MR) is 157 cm³/mol. The van der Waals surface area contributed by atoms with Gasteiger partial charge in [0.05, 0.1) is 11.5 Å². The molecule has 6 nitrogen and oxygen atoms in total. The van der Waals surface area contributed by atoms with Crippen molar-refractivity contribution in [1.29, 1.82) is 0 Å². The fourth-order valence-electron chi connectivity index (χ4n) is 3.47. The number of anilines is 2. The van der Waals surface area contributed by atoms with Crippen molar-refractivity contribution < 1.29 is 4.79 Å². The van der Waals surface area contributed by atoms with E-state index in [0.29, 0.717) is 20.3 Å². The summed E-state index contributed by atoms with van der Waals surface area (Å²) in [5.74, 6) is 1.35. The van der Waals surface area contributed by atoms with E-state index in [2.05, 4.69) is 78.8 Å². The first-order chi connectivity index (χ1) is 17.2. The third-order valence-corrected chi connectivity index (χ3v) is 6.65. The standard InChI is InChI=1S/C26H34N5OP.C3H8/c1-6-22-23(11-10-17(2)3)33-25(16-28-22)29-19(5)20-8-7-9-21(15-20)30-26(32)31-24-14-18(4)12-13-27-24;1-3-2/h6-9,11-17,19,25,29,33H,10H2,1-5H3,(H2,27,30,31,32);3H2,1-2H3/b22-6+,23-11-;. The van der Waals surface area contributed by atoms with Crippen molar-refractivity contribution in [3.63, 3.8) is 0 Å². The number of hydrogen-bond acceptors (Lipinski definition) is 4. The maximum absolute atomic E-state index is 12.4. The SMILES string of the molecule is C/C=C1/N=CC(NC(C)c2cccc(NC(=O)Nc3cc(C)ccn3)c2)P/C1=C\CC(C)C.CCC. The largest absolute Gasteiger partial charge is 0.324 e. The Balaban J connectivity index is 0.00000145. The minimum atomic E-state index is -0.314. The smallest absolute Gasteiger partial charge is 0.308 e. The van der Waals surface area contributed by atoms with E-state index in [1.807, 2.05) is 50.4 Å². The summed E-state index contributed by atoms with van der Waals surface area (Å²) < 4.78 is 0. The number of hydrogen-bond donors (Lipinski definition) is 3. The van der Waals surface area contributed by atoms with E-state index in [0.717, 1.165) is 28.9 Å². The van der Waals surface area contributed by atoms with Crippen LogP contribution in [0.5, 0.6) is 0 Å². The number of aryl methyl sites for hydroxylation is 1. The van der Waals surface area contributed by atoms with E-state index in [9.17, 15) is 4.79 Å². The summed E-state index contributed by atoms with van der Waals surface area (Å²) in [6, 6.07) is 11.4. The zero-order valence-electron chi connectivity index (χ0n) is 22.7. The molecular weight excluding hydrogens is 465 g/mol. The van der Waals surface area contributed by atoms with Gasteiger partial charge in [-0.25, -0.2) is 9.78 Å². The number of amides is 2. The molecule has 2 amide bonds. The van der Waals surface area contributed by atoms with Gasteiger partial charge in [-0.15, -0.1) is 0 Å². The molecule has 7 heteroatoms. The molecule has 1 aliphatic heterocycles. The summed E-state index contributed by atoms with van der Waals surface area (Å²) in [7, 11) is 0.630. The number of aliphatic imine (C=N–C) groups is 1. The molecule has 0 saturated heterocycles. The Morgan fingerprint density at radius 2 is 1.89 bits per heavy atom. The van der Waals surface area contributed by atoms with Gasteiger partial charge in [-0.2, -0.15) is 0 Å². The molecule has 3 atom stereocenters. The van der Waals surface area contributed by atoms with Gasteiger partial charge in [-0.3, -0.25) is 15.6 Å². The summed E-state index contributed by atoms with van der Waals surface area (Å²) in [5, 5.41) is 10.7. The Kier molecular flexibility index (Phi) is 12.5. The van der Waals surface area contributed by atoms with Crippen molar-refractivity contribution in [3.05, 3.63) is 76.9 Å². The fourth-order valence-corrected chi connectivity index (χ4v) is 4.88. The lowest BCUT2D eigenvalue weighted by atomic mass is 10.1. The number of carbonyl (C=O) groups excluding carboxylic acids is 1. The van der Waals surface area contributed by atoms with Crippen molar-refractivity contribution in [2.75, 3.05) is 10.6 Å².